The number of hydrogen-bond acceptors (Lipinski definition) is 7. The van der Waals surface area contributed by atoms with E-state index < -0.39 is 11.1 Å². The average molecular weight is 496 g/mol. The lowest BCUT2D eigenvalue weighted by atomic mass is 9.80. The molecule has 0 saturated heterocycles. The largest absolute Gasteiger partial charge is 0.489 e. The van der Waals surface area contributed by atoms with Gasteiger partial charge in [0, 0.05) is 29.1 Å². The number of aliphatic hydroxyl groups is 1. The molecule has 1 aromatic heterocycles. The highest BCUT2D eigenvalue weighted by Gasteiger charge is 2.49. The SMILES string of the molecule is CC(C)(O)COc1ccc2c(c1Br)[C@]1(COC(N)=N1)c1cc(-c3cccnc3)ccc1O2. The van der Waals surface area contributed by atoms with Gasteiger partial charge in [-0.25, -0.2) is 4.99 Å². The predicted molar refractivity (Wildman–Crippen MR) is 124 cm³/mol. The number of aromatic nitrogens is 1. The van der Waals surface area contributed by atoms with Gasteiger partial charge in [0.15, 0.2) is 5.54 Å². The number of benzene rings is 2. The first-order valence-corrected chi connectivity index (χ1v) is 11.0. The zero-order chi connectivity index (χ0) is 22.5. The van der Waals surface area contributed by atoms with Gasteiger partial charge in [-0.3, -0.25) is 4.98 Å². The standard InChI is InChI=1S/C24H22BrN3O4/c1-23(2,29)12-30-19-8-7-18-20(21(19)25)24(13-31-22(26)28-24)16-10-14(5-6-17(16)32-18)15-4-3-9-27-11-15/h3-11,29H,12-13H2,1-2H3,(H2,26,28)/t24-/m0/s1. The van der Waals surface area contributed by atoms with Crippen LogP contribution in [0.3, 0.4) is 0 Å². The highest BCUT2D eigenvalue weighted by atomic mass is 79.9. The fourth-order valence-electron chi connectivity index (χ4n) is 3.98. The predicted octanol–water partition coefficient (Wildman–Crippen LogP) is 4.36. The maximum absolute atomic E-state index is 10.1. The monoisotopic (exact) mass is 495 g/mol. The Morgan fingerprint density at radius 1 is 1.19 bits per heavy atom. The van der Waals surface area contributed by atoms with Crippen LogP contribution in [0, 0.1) is 0 Å². The first-order chi connectivity index (χ1) is 15.3. The Balaban J connectivity index is 1.67. The first-order valence-electron chi connectivity index (χ1n) is 10.2. The van der Waals surface area contributed by atoms with Crippen LogP contribution in [0.1, 0.15) is 25.0 Å². The molecule has 2 aromatic carbocycles. The topological polar surface area (TPSA) is 99.2 Å². The fourth-order valence-corrected chi connectivity index (χ4v) is 4.75. The molecule has 1 atom stereocenters. The van der Waals surface area contributed by atoms with Gasteiger partial charge in [-0.2, -0.15) is 0 Å². The van der Waals surface area contributed by atoms with Crippen molar-refractivity contribution >= 4 is 22.0 Å². The van der Waals surface area contributed by atoms with E-state index in [9.17, 15) is 5.11 Å². The van der Waals surface area contributed by atoms with Crippen LogP contribution in [0.15, 0.2) is 64.3 Å². The van der Waals surface area contributed by atoms with Crippen molar-refractivity contribution in [3.63, 3.8) is 0 Å². The number of amidine groups is 1. The third kappa shape index (κ3) is 3.49. The molecule has 2 aliphatic heterocycles. The smallest absolute Gasteiger partial charge is 0.283 e. The summed E-state index contributed by atoms with van der Waals surface area (Å²) in [5.74, 6) is 1.89. The zero-order valence-electron chi connectivity index (χ0n) is 17.6. The number of hydrogen-bond donors (Lipinski definition) is 2. The molecule has 8 heteroatoms. The number of ether oxygens (including phenoxy) is 3. The number of aliphatic imine (C=N–C) groups is 1. The highest BCUT2D eigenvalue weighted by molar-refractivity contribution is 9.10. The second-order valence-electron chi connectivity index (χ2n) is 8.51. The van der Waals surface area contributed by atoms with Gasteiger partial charge in [0.1, 0.15) is 30.5 Å². The van der Waals surface area contributed by atoms with Crippen molar-refractivity contribution in [3.05, 3.63) is 70.5 Å². The van der Waals surface area contributed by atoms with Crippen molar-refractivity contribution in [1.29, 1.82) is 0 Å². The molecule has 5 rings (SSSR count). The number of nitrogens with two attached hydrogens (primary N) is 1. The van der Waals surface area contributed by atoms with Crippen LogP contribution < -0.4 is 15.2 Å². The van der Waals surface area contributed by atoms with Crippen molar-refractivity contribution in [2.45, 2.75) is 25.0 Å². The molecule has 1 spiro atoms. The van der Waals surface area contributed by atoms with Crippen LogP contribution in [0.25, 0.3) is 11.1 Å². The van der Waals surface area contributed by atoms with Crippen molar-refractivity contribution in [2.75, 3.05) is 13.2 Å². The van der Waals surface area contributed by atoms with Gasteiger partial charge < -0.3 is 25.1 Å². The fraction of sp³-hybridized carbons (Fsp3) is 0.250. The van der Waals surface area contributed by atoms with Gasteiger partial charge in [-0.15, -0.1) is 0 Å². The first kappa shape index (κ1) is 20.8. The van der Waals surface area contributed by atoms with Gasteiger partial charge in [0.25, 0.3) is 6.02 Å². The van der Waals surface area contributed by atoms with Gasteiger partial charge in [0.2, 0.25) is 0 Å². The minimum Gasteiger partial charge on any atom is -0.489 e. The van der Waals surface area contributed by atoms with Gasteiger partial charge in [-0.1, -0.05) is 12.1 Å². The number of nitrogens with zero attached hydrogens (tertiary/aromatic N) is 2. The van der Waals surface area contributed by atoms with E-state index in [-0.39, 0.29) is 19.2 Å². The molecule has 0 radical (unpaired) electrons. The van der Waals surface area contributed by atoms with Gasteiger partial charge >= 0.3 is 0 Å². The summed E-state index contributed by atoms with van der Waals surface area (Å²) in [7, 11) is 0. The molecular weight excluding hydrogens is 474 g/mol. The van der Waals surface area contributed by atoms with E-state index in [2.05, 4.69) is 20.9 Å². The molecule has 0 aliphatic carbocycles. The number of halogens is 1. The van der Waals surface area contributed by atoms with Crippen molar-refractivity contribution in [3.8, 4) is 28.4 Å². The molecule has 164 valence electrons. The molecule has 0 bridgehead atoms. The summed E-state index contributed by atoms with van der Waals surface area (Å²) < 4.78 is 18.5. The number of fused-ring (bicyclic) bond motifs is 4. The Morgan fingerprint density at radius 2 is 2.00 bits per heavy atom. The third-order valence-electron chi connectivity index (χ3n) is 5.43. The van der Waals surface area contributed by atoms with Crippen LogP contribution in [-0.4, -0.2) is 34.9 Å². The molecule has 2 aliphatic rings. The van der Waals surface area contributed by atoms with Gasteiger partial charge in [0.05, 0.1) is 10.1 Å². The van der Waals surface area contributed by atoms with E-state index in [0.717, 1.165) is 22.3 Å². The van der Waals surface area contributed by atoms with Crippen LogP contribution in [0.5, 0.6) is 17.2 Å². The molecule has 32 heavy (non-hydrogen) atoms. The Kier molecular flexibility index (Phi) is 4.87. The van der Waals surface area contributed by atoms with E-state index in [1.807, 2.05) is 42.6 Å². The molecule has 3 N–H and O–H groups in total. The van der Waals surface area contributed by atoms with E-state index in [0.29, 0.717) is 21.7 Å². The Bertz CT molecular complexity index is 1220. The highest BCUT2D eigenvalue weighted by Crippen LogP contribution is 2.55. The van der Waals surface area contributed by atoms with Crippen LogP contribution in [0.2, 0.25) is 0 Å². The summed E-state index contributed by atoms with van der Waals surface area (Å²) in [6, 6.07) is 13.6. The van der Waals surface area contributed by atoms with Crippen molar-refractivity contribution in [1.82, 2.24) is 4.98 Å². The van der Waals surface area contributed by atoms with Crippen LogP contribution >= 0.6 is 15.9 Å². The minimum absolute atomic E-state index is 0.116. The minimum atomic E-state index is -0.978. The number of rotatable bonds is 4. The van der Waals surface area contributed by atoms with E-state index >= 15 is 0 Å². The maximum Gasteiger partial charge on any atom is 0.283 e. The lowest BCUT2D eigenvalue weighted by Crippen LogP contribution is -2.32. The Hall–Kier alpha value is -3.10. The van der Waals surface area contributed by atoms with E-state index in [1.165, 1.54) is 0 Å². The molecule has 0 amide bonds. The third-order valence-corrected chi connectivity index (χ3v) is 6.22. The molecule has 0 saturated carbocycles. The quantitative estimate of drug-likeness (QED) is 0.557. The van der Waals surface area contributed by atoms with Crippen molar-refractivity contribution < 1.29 is 19.3 Å². The zero-order valence-corrected chi connectivity index (χ0v) is 19.2. The number of pyridine rings is 1. The summed E-state index contributed by atoms with van der Waals surface area (Å²) >= 11 is 3.69. The molecule has 7 nitrogen and oxygen atoms in total. The van der Waals surface area contributed by atoms with E-state index in [1.54, 1.807) is 26.1 Å². The summed E-state index contributed by atoms with van der Waals surface area (Å²) in [6.45, 7) is 3.74. The summed E-state index contributed by atoms with van der Waals surface area (Å²) in [5.41, 5.74) is 7.69. The summed E-state index contributed by atoms with van der Waals surface area (Å²) in [5, 5.41) is 10.1. The van der Waals surface area contributed by atoms with Gasteiger partial charge in [-0.05, 0) is 65.7 Å². The lowest BCUT2D eigenvalue weighted by molar-refractivity contribution is 0.0281. The summed E-state index contributed by atoms with van der Waals surface area (Å²) in [6.07, 6.45) is 3.55. The lowest BCUT2D eigenvalue weighted by Gasteiger charge is -2.35. The van der Waals surface area contributed by atoms with Crippen LogP contribution in [0.4, 0.5) is 0 Å². The molecular formula is C24H22BrN3O4. The Labute approximate surface area is 194 Å². The summed E-state index contributed by atoms with van der Waals surface area (Å²) in [4.78, 5) is 8.98. The second-order valence-corrected chi connectivity index (χ2v) is 9.30. The normalized spacial score (nSPS) is 18.9. The van der Waals surface area contributed by atoms with Crippen molar-refractivity contribution in [2.24, 2.45) is 10.7 Å². The maximum atomic E-state index is 10.1. The molecule has 0 unspecified atom stereocenters. The second kappa shape index (κ2) is 7.50. The molecule has 3 aromatic rings. The average Bonchev–Trinajstić information content (AvgIpc) is 3.15. The molecule has 0 fully saturated rings. The van der Waals surface area contributed by atoms with Crippen LogP contribution in [-0.2, 0) is 10.3 Å². The Morgan fingerprint density at radius 3 is 2.69 bits per heavy atom. The molecule has 3 heterocycles. The van der Waals surface area contributed by atoms with E-state index in [4.69, 9.17) is 24.9 Å².